The summed E-state index contributed by atoms with van der Waals surface area (Å²) in [5.74, 6) is 1.29. The van der Waals surface area contributed by atoms with Crippen LogP contribution in [0, 0.1) is 0 Å². The maximum absolute atomic E-state index is 13.4. The van der Waals surface area contributed by atoms with Gasteiger partial charge in [-0.2, -0.15) is 0 Å². The van der Waals surface area contributed by atoms with Crippen LogP contribution in [0.25, 0.3) is 22.4 Å². The van der Waals surface area contributed by atoms with Crippen LogP contribution in [0.5, 0.6) is 5.75 Å². The maximum Gasteiger partial charge on any atom is 0.263 e. The molecule has 32 heavy (non-hydrogen) atoms. The molecule has 0 amide bonds. The Morgan fingerprint density at radius 2 is 1.66 bits per heavy atom. The molecule has 6 nitrogen and oxygen atoms in total. The number of aromatic nitrogens is 3. The van der Waals surface area contributed by atoms with Crippen LogP contribution in [0.15, 0.2) is 83.9 Å². The molecule has 0 fully saturated rings. The zero-order valence-electron chi connectivity index (χ0n) is 18.3. The average molecular weight is 427 g/mol. The van der Waals surface area contributed by atoms with Crippen LogP contribution in [0.2, 0.25) is 0 Å². The molecule has 0 bridgehead atoms. The topological polar surface area (TPSA) is 69.0 Å². The van der Waals surface area contributed by atoms with Gasteiger partial charge in [0.05, 0.1) is 18.4 Å². The first-order valence-corrected chi connectivity index (χ1v) is 10.6. The van der Waals surface area contributed by atoms with Crippen molar-refractivity contribution in [1.29, 1.82) is 0 Å². The number of benzene rings is 2. The number of nitrogens with zero attached hydrogens (tertiary/aromatic N) is 3. The van der Waals surface area contributed by atoms with Gasteiger partial charge in [-0.05, 0) is 48.2 Å². The highest BCUT2D eigenvalue weighted by Crippen LogP contribution is 2.29. The van der Waals surface area contributed by atoms with Crippen molar-refractivity contribution >= 4 is 5.95 Å². The van der Waals surface area contributed by atoms with Gasteiger partial charge in [-0.15, -0.1) is 0 Å². The summed E-state index contributed by atoms with van der Waals surface area (Å²) in [5.41, 5.74) is 4.01. The fourth-order valence-corrected chi connectivity index (χ4v) is 3.63. The lowest BCUT2D eigenvalue weighted by Crippen LogP contribution is -2.25. The molecule has 2 heterocycles. The molecule has 2 aromatic carbocycles. The largest absolute Gasteiger partial charge is 0.497 e. The van der Waals surface area contributed by atoms with Crippen LogP contribution in [0.4, 0.5) is 5.95 Å². The van der Waals surface area contributed by atoms with Gasteiger partial charge in [-0.1, -0.05) is 42.5 Å². The first kappa shape index (κ1) is 21.3. The number of methoxy groups -OCH3 is 1. The second-order valence-electron chi connectivity index (χ2n) is 7.50. The molecule has 0 aliphatic carbocycles. The van der Waals surface area contributed by atoms with E-state index in [0.29, 0.717) is 23.8 Å². The second kappa shape index (κ2) is 9.92. The van der Waals surface area contributed by atoms with Crippen LogP contribution in [-0.2, 0) is 13.5 Å². The standard InChI is InChI=1S/C26H26N4O2/c1-30-25(31)23(20-10-12-22(32-2)13-11-20)24(21-14-17-27-18-15-21)29-26(30)28-16-6-9-19-7-4-3-5-8-19/h3-5,7-8,10-15,17-18H,6,9,16H2,1-2H3,(H,28,29). The van der Waals surface area contributed by atoms with Gasteiger partial charge in [0.1, 0.15) is 5.75 Å². The Balaban J connectivity index is 1.66. The number of hydrogen-bond donors (Lipinski definition) is 1. The number of aryl methyl sites for hydroxylation is 1. The van der Waals surface area contributed by atoms with Crippen LogP contribution >= 0.6 is 0 Å². The molecule has 0 unspecified atom stereocenters. The summed E-state index contributed by atoms with van der Waals surface area (Å²) in [6, 6.07) is 21.6. The SMILES string of the molecule is COc1ccc(-c2c(-c3ccncc3)nc(NCCCc3ccccc3)n(C)c2=O)cc1. The summed E-state index contributed by atoms with van der Waals surface area (Å²) < 4.78 is 6.84. The molecule has 162 valence electrons. The lowest BCUT2D eigenvalue weighted by Gasteiger charge is -2.16. The van der Waals surface area contributed by atoms with E-state index in [-0.39, 0.29) is 5.56 Å². The summed E-state index contributed by atoms with van der Waals surface area (Å²) in [5, 5.41) is 3.35. The monoisotopic (exact) mass is 426 g/mol. The first-order chi connectivity index (χ1) is 15.7. The average Bonchev–Trinajstić information content (AvgIpc) is 2.85. The highest BCUT2D eigenvalue weighted by atomic mass is 16.5. The van der Waals surface area contributed by atoms with Gasteiger partial charge < -0.3 is 10.1 Å². The predicted octanol–water partition coefficient (Wildman–Crippen LogP) is 4.56. The van der Waals surface area contributed by atoms with Crippen LogP contribution < -0.4 is 15.6 Å². The van der Waals surface area contributed by atoms with Crippen molar-refractivity contribution in [1.82, 2.24) is 14.5 Å². The minimum Gasteiger partial charge on any atom is -0.497 e. The lowest BCUT2D eigenvalue weighted by atomic mass is 10.0. The van der Waals surface area contributed by atoms with E-state index in [1.165, 1.54) is 5.56 Å². The Morgan fingerprint density at radius 3 is 2.34 bits per heavy atom. The molecule has 4 aromatic rings. The predicted molar refractivity (Wildman–Crippen MR) is 128 cm³/mol. The number of nitrogens with one attached hydrogen (secondary N) is 1. The van der Waals surface area contributed by atoms with E-state index in [4.69, 9.17) is 9.72 Å². The summed E-state index contributed by atoms with van der Waals surface area (Å²) in [6.45, 7) is 0.715. The molecule has 0 aliphatic rings. The molecule has 1 N–H and O–H groups in total. The van der Waals surface area contributed by atoms with E-state index in [2.05, 4.69) is 22.4 Å². The van der Waals surface area contributed by atoms with Gasteiger partial charge >= 0.3 is 0 Å². The Bertz CT molecular complexity index is 1220. The van der Waals surface area contributed by atoms with Gasteiger partial charge in [0.2, 0.25) is 5.95 Å². The maximum atomic E-state index is 13.4. The fraction of sp³-hybridized carbons (Fsp3) is 0.192. The molecule has 0 aliphatic heterocycles. The number of ether oxygens (including phenoxy) is 1. The number of anilines is 1. The van der Waals surface area contributed by atoms with Crippen molar-refractivity contribution in [2.75, 3.05) is 19.0 Å². The molecule has 0 saturated heterocycles. The van der Waals surface area contributed by atoms with E-state index in [1.54, 1.807) is 31.1 Å². The summed E-state index contributed by atoms with van der Waals surface area (Å²) in [7, 11) is 3.37. The highest BCUT2D eigenvalue weighted by Gasteiger charge is 2.18. The highest BCUT2D eigenvalue weighted by molar-refractivity contribution is 5.81. The van der Waals surface area contributed by atoms with Gasteiger partial charge in [-0.3, -0.25) is 14.3 Å². The van der Waals surface area contributed by atoms with Crippen molar-refractivity contribution in [3.05, 3.63) is 95.0 Å². The molecule has 0 spiro atoms. The smallest absolute Gasteiger partial charge is 0.263 e. The summed E-state index contributed by atoms with van der Waals surface area (Å²) >= 11 is 0. The molecule has 0 saturated carbocycles. The zero-order chi connectivity index (χ0) is 22.3. The van der Waals surface area contributed by atoms with E-state index in [1.807, 2.05) is 54.6 Å². The molecular formula is C26H26N4O2. The summed E-state index contributed by atoms with van der Waals surface area (Å²) in [6.07, 6.45) is 5.31. The van der Waals surface area contributed by atoms with E-state index in [0.717, 1.165) is 29.7 Å². The number of rotatable bonds is 8. The Labute approximate surface area is 187 Å². The zero-order valence-corrected chi connectivity index (χ0v) is 18.3. The second-order valence-corrected chi connectivity index (χ2v) is 7.50. The summed E-state index contributed by atoms with van der Waals surface area (Å²) in [4.78, 5) is 22.4. The Hall–Kier alpha value is -3.93. The van der Waals surface area contributed by atoms with Crippen LogP contribution in [0.1, 0.15) is 12.0 Å². The van der Waals surface area contributed by atoms with Crippen molar-refractivity contribution < 1.29 is 4.74 Å². The molecule has 6 heteroatoms. The number of hydrogen-bond acceptors (Lipinski definition) is 5. The molecular weight excluding hydrogens is 400 g/mol. The quantitative estimate of drug-likeness (QED) is 0.418. The first-order valence-electron chi connectivity index (χ1n) is 10.6. The minimum atomic E-state index is -0.109. The lowest BCUT2D eigenvalue weighted by molar-refractivity contribution is 0.415. The molecule has 0 radical (unpaired) electrons. The van der Waals surface area contributed by atoms with Gasteiger partial charge in [0, 0.05) is 31.5 Å². The van der Waals surface area contributed by atoms with E-state index >= 15 is 0 Å². The van der Waals surface area contributed by atoms with Crippen molar-refractivity contribution in [2.24, 2.45) is 7.05 Å². The fourth-order valence-electron chi connectivity index (χ4n) is 3.63. The van der Waals surface area contributed by atoms with Crippen molar-refractivity contribution in [3.63, 3.8) is 0 Å². The Kier molecular flexibility index (Phi) is 6.60. The van der Waals surface area contributed by atoms with Gasteiger partial charge in [0.25, 0.3) is 5.56 Å². The minimum absolute atomic E-state index is 0.109. The van der Waals surface area contributed by atoms with Gasteiger partial charge in [0.15, 0.2) is 0 Å². The molecule has 0 atom stereocenters. The third-order valence-corrected chi connectivity index (χ3v) is 5.39. The van der Waals surface area contributed by atoms with Crippen molar-refractivity contribution in [3.8, 4) is 28.1 Å². The van der Waals surface area contributed by atoms with E-state index < -0.39 is 0 Å². The third-order valence-electron chi connectivity index (χ3n) is 5.39. The van der Waals surface area contributed by atoms with Crippen LogP contribution in [-0.4, -0.2) is 28.2 Å². The van der Waals surface area contributed by atoms with Crippen molar-refractivity contribution in [2.45, 2.75) is 12.8 Å². The molecule has 4 rings (SSSR count). The number of pyridine rings is 1. The third kappa shape index (κ3) is 4.70. The normalized spacial score (nSPS) is 10.7. The van der Waals surface area contributed by atoms with E-state index in [9.17, 15) is 4.79 Å². The van der Waals surface area contributed by atoms with Gasteiger partial charge in [-0.25, -0.2) is 4.98 Å². The Morgan fingerprint density at radius 1 is 0.938 bits per heavy atom. The van der Waals surface area contributed by atoms with Crippen LogP contribution in [0.3, 0.4) is 0 Å². The molecule has 2 aromatic heterocycles.